The maximum absolute atomic E-state index is 11.1. The van der Waals surface area contributed by atoms with Crippen LogP contribution >= 0.6 is 15.9 Å². The van der Waals surface area contributed by atoms with Gasteiger partial charge in [-0.15, -0.1) is 0 Å². The topological polar surface area (TPSA) is 26.3 Å². The number of esters is 1. The van der Waals surface area contributed by atoms with E-state index >= 15 is 0 Å². The van der Waals surface area contributed by atoms with E-state index in [1.54, 1.807) is 0 Å². The standard InChI is InChI=1S/C12H13BrO2/c1-12(7-6-11(14)15-12)8-9-2-4-10(13)5-3-9/h2-5H,6-8H2,1H3. The van der Waals surface area contributed by atoms with Crippen molar-refractivity contribution in [1.29, 1.82) is 0 Å². The van der Waals surface area contributed by atoms with Crippen molar-refractivity contribution in [2.45, 2.75) is 31.8 Å². The minimum atomic E-state index is -0.301. The van der Waals surface area contributed by atoms with Crippen LogP contribution in [-0.2, 0) is 16.0 Å². The molecule has 0 N–H and O–H groups in total. The molecule has 1 aliphatic rings. The van der Waals surface area contributed by atoms with Crippen molar-refractivity contribution in [3.8, 4) is 0 Å². The van der Waals surface area contributed by atoms with Crippen molar-refractivity contribution in [3.63, 3.8) is 0 Å². The van der Waals surface area contributed by atoms with Gasteiger partial charge in [0.15, 0.2) is 0 Å². The Morgan fingerprint density at radius 3 is 2.60 bits per heavy atom. The Bertz CT molecular complexity index is 372. The molecule has 0 amide bonds. The number of hydrogen-bond donors (Lipinski definition) is 0. The van der Waals surface area contributed by atoms with E-state index in [1.165, 1.54) is 5.56 Å². The molecule has 0 spiro atoms. The molecule has 1 saturated heterocycles. The largest absolute Gasteiger partial charge is 0.459 e. The second kappa shape index (κ2) is 3.97. The zero-order chi connectivity index (χ0) is 10.9. The number of benzene rings is 1. The molecule has 0 saturated carbocycles. The number of carbonyl (C=O) groups excluding carboxylic acids is 1. The van der Waals surface area contributed by atoms with Gasteiger partial charge in [0.25, 0.3) is 0 Å². The van der Waals surface area contributed by atoms with E-state index < -0.39 is 0 Å². The van der Waals surface area contributed by atoms with Crippen LogP contribution in [0.5, 0.6) is 0 Å². The van der Waals surface area contributed by atoms with E-state index in [0.717, 1.165) is 17.3 Å². The van der Waals surface area contributed by atoms with Crippen molar-refractivity contribution in [1.82, 2.24) is 0 Å². The number of rotatable bonds is 2. The van der Waals surface area contributed by atoms with Crippen molar-refractivity contribution in [3.05, 3.63) is 34.3 Å². The Hall–Kier alpha value is -0.830. The molecule has 0 aromatic heterocycles. The van der Waals surface area contributed by atoms with Crippen LogP contribution in [0.15, 0.2) is 28.7 Å². The molecule has 1 fully saturated rings. The second-order valence-electron chi connectivity index (χ2n) is 4.23. The number of carbonyl (C=O) groups is 1. The highest BCUT2D eigenvalue weighted by atomic mass is 79.9. The predicted octanol–water partition coefficient (Wildman–Crippen LogP) is 3.09. The van der Waals surface area contributed by atoms with Crippen molar-refractivity contribution in [2.75, 3.05) is 0 Å². The molecule has 0 aliphatic carbocycles. The molecule has 15 heavy (non-hydrogen) atoms. The lowest BCUT2D eigenvalue weighted by atomic mass is 9.94. The van der Waals surface area contributed by atoms with Gasteiger partial charge in [-0.05, 0) is 31.0 Å². The molecular weight excluding hydrogens is 256 g/mol. The van der Waals surface area contributed by atoms with Gasteiger partial charge >= 0.3 is 5.97 Å². The Morgan fingerprint density at radius 2 is 2.07 bits per heavy atom. The van der Waals surface area contributed by atoms with Gasteiger partial charge in [0.1, 0.15) is 5.60 Å². The molecule has 1 unspecified atom stereocenters. The zero-order valence-corrected chi connectivity index (χ0v) is 10.2. The van der Waals surface area contributed by atoms with E-state index in [0.29, 0.717) is 6.42 Å². The average Bonchev–Trinajstić information content (AvgIpc) is 2.50. The fourth-order valence-corrected chi connectivity index (χ4v) is 2.17. The summed E-state index contributed by atoms with van der Waals surface area (Å²) in [5.74, 6) is -0.0744. The molecule has 80 valence electrons. The van der Waals surface area contributed by atoms with E-state index in [9.17, 15) is 4.79 Å². The second-order valence-corrected chi connectivity index (χ2v) is 5.14. The van der Waals surface area contributed by atoms with Crippen LogP contribution < -0.4 is 0 Å². The van der Waals surface area contributed by atoms with Crippen LogP contribution in [0.25, 0.3) is 0 Å². The highest BCUT2D eigenvalue weighted by Crippen LogP contribution is 2.30. The van der Waals surface area contributed by atoms with E-state index in [-0.39, 0.29) is 11.6 Å². The molecule has 1 heterocycles. The maximum atomic E-state index is 11.1. The first-order valence-electron chi connectivity index (χ1n) is 5.04. The summed E-state index contributed by atoms with van der Waals surface area (Å²) in [6.07, 6.45) is 2.17. The molecule has 2 nitrogen and oxygen atoms in total. The number of halogens is 1. The first-order valence-corrected chi connectivity index (χ1v) is 5.83. The molecule has 2 rings (SSSR count). The minimum Gasteiger partial charge on any atom is -0.459 e. The Morgan fingerprint density at radius 1 is 1.40 bits per heavy atom. The SMILES string of the molecule is CC1(Cc2ccc(Br)cc2)CCC(=O)O1. The summed E-state index contributed by atoms with van der Waals surface area (Å²) >= 11 is 3.40. The summed E-state index contributed by atoms with van der Waals surface area (Å²) in [5, 5.41) is 0. The first kappa shape index (κ1) is 10.7. The van der Waals surface area contributed by atoms with E-state index in [1.807, 2.05) is 19.1 Å². The summed E-state index contributed by atoms with van der Waals surface area (Å²) in [4.78, 5) is 11.1. The van der Waals surface area contributed by atoms with E-state index in [2.05, 4.69) is 28.1 Å². The maximum Gasteiger partial charge on any atom is 0.306 e. The van der Waals surface area contributed by atoms with Crippen molar-refractivity contribution in [2.24, 2.45) is 0 Å². The van der Waals surface area contributed by atoms with Crippen molar-refractivity contribution < 1.29 is 9.53 Å². The van der Waals surface area contributed by atoms with Crippen LogP contribution in [0.3, 0.4) is 0 Å². The molecule has 1 aromatic rings. The summed E-state index contributed by atoms with van der Waals surface area (Å²) in [6, 6.07) is 8.13. The van der Waals surface area contributed by atoms with Gasteiger partial charge in [0.05, 0.1) is 0 Å². The third-order valence-electron chi connectivity index (χ3n) is 2.71. The Balaban J connectivity index is 2.08. The van der Waals surface area contributed by atoms with Crippen LogP contribution in [0, 0.1) is 0 Å². The van der Waals surface area contributed by atoms with Gasteiger partial charge in [-0.2, -0.15) is 0 Å². The molecule has 1 atom stereocenters. The predicted molar refractivity (Wildman–Crippen MR) is 61.6 cm³/mol. The highest BCUT2D eigenvalue weighted by molar-refractivity contribution is 9.10. The van der Waals surface area contributed by atoms with Crippen LogP contribution in [0.2, 0.25) is 0 Å². The summed E-state index contributed by atoms with van der Waals surface area (Å²) in [6.45, 7) is 2.00. The van der Waals surface area contributed by atoms with Gasteiger partial charge in [-0.1, -0.05) is 28.1 Å². The van der Waals surface area contributed by atoms with Crippen LogP contribution in [-0.4, -0.2) is 11.6 Å². The van der Waals surface area contributed by atoms with Gasteiger partial charge < -0.3 is 4.74 Å². The summed E-state index contributed by atoms with van der Waals surface area (Å²) in [7, 11) is 0. The number of hydrogen-bond acceptors (Lipinski definition) is 2. The highest BCUT2D eigenvalue weighted by Gasteiger charge is 2.35. The smallest absolute Gasteiger partial charge is 0.306 e. The molecule has 1 aliphatic heterocycles. The van der Waals surface area contributed by atoms with E-state index in [4.69, 9.17) is 4.74 Å². The van der Waals surface area contributed by atoms with Crippen molar-refractivity contribution >= 4 is 21.9 Å². The van der Waals surface area contributed by atoms with Crippen LogP contribution in [0.4, 0.5) is 0 Å². The third-order valence-corrected chi connectivity index (χ3v) is 3.24. The monoisotopic (exact) mass is 268 g/mol. The Kier molecular flexibility index (Phi) is 2.83. The number of ether oxygens (including phenoxy) is 1. The Labute approximate surface area is 97.8 Å². The molecule has 0 radical (unpaired) electrons. The van der Waals surface area contributed by atoms with Gasteiger partial charge in [-0.3, -0.25) is 4.79 Å². The summed E-state index contributed by atoms with van der Waals surface area (Å²) < 4.78 is 6.40. The number of cyclic esters (lactones) is 1. The molecule has 3 heteroatoms. The minimum absolute atomic E-state index is 0.0744. The first-order chi connectivity index (χ1) is 7.07. The fraction of sp³-hybridized carbons (Fsp3) is 0.417. The lowest BCUT2D eigenvalue weighted by Gasteiger charge is -2.22. The normalized spacial score (nSPS) is 25.3. The summed E-state index contributed by atoms with van der Waals surface area (Å²) in [5.41, 5.74) is 0.903. The lowest BCUT2D eigenvalue weighted by molar-refractivity contribution is -0.147. The molecule has 0 bridgehead atoms. The lowest BCUT2D eigenvalue weighted by Crippen LogP contribution is -2.26. The van der Waals surface area contributed by atoms with Gasteiger partial charge in [-0.25, -0.2) is 0 Å². The van der Waals surface area contributed by atoms with Gasteiger partial charge in [0, 0.05) is 17.3 Å². The van der Waals surface area contributed by atoms with Gasteiger partial charge in [0.2, 0.25) is 0 Å². The molecular formula is C12H13BrO2. The fourth-order valence-electron chi connectivity index (χ4n) is 1.90. The molecule has 1 aromatic carbocycles. The average molecular weight is 269 g/mol. The third kappa shape index (κ3) is 2.59. The quantitative estimate of drug-likeness (QED) is 0.771. The zero-order valence-electron chi connectivity index (χ0n) is 8.63. The van der Waals surface area contributed by atoms with Crippen LogP contribution in [0.1, 0.15) is 25.3 Å².